The summed E-state index contributed by atoms with van der Waals surface area (Å²) in [4.78, 5) is 9.54. The predicted molar refractivity (Wildman–Crippen MR) is 111 cm³/mol. The van der Waals surface area contributed by atoms with Crippen molar-refractivity contribution in [3.63, 3.8) is 0 Å². The first-order valence-electron chi connectivity index (χ1n) is 9.37. The number of hydrogen-bond donors (Lipinski definition) is 1. The van der Waals surface area contributed by atoms with Gasteiger partial charge < -0.3 is 15.1 Å². The number of nitrogens with one attached hydrogen (secondary N) is 1. The molecule has 0 amide bonds. The molecule has 2 aliphatic rings. The number of likely N-dealkylation sites (tertiary alicyclic amines) is 2. The zero-order chi connectivity index (χ0) is 15.8. The third-order valence-corrected chi connectivity index (χ3v) is 5.09. The summed E-state index contributed by atoms with van der Waals surface area (Å²) in [7, 11) is 1.91. The number of hydrogen-bond acceptors (Lipinski definition) is 2. The Kier molecular flexibility index (Phi) is 10.5. The molecule has 2 unspecified atom stereocenters. The molecule has 0 aromatic rings. The Hall–Kier alpha value is -0.0400. The fraction of sp³-hybridized carbons (Fsp3) is 0.944. The molecule has 2 fully saturated rings. The topological polar surface area (TPSA) is 30.9 Å². The first-order chi connectivity index (χ1) is 10.7. The third kappa shape index (κ3) is 7.59. The van der Waals surface area contributed by atoms with Gasteiger partial charge in [-0.2, -0.15) is 0 Å². The summed E-state index contributed by atoms with van der Waals surface area (Å²) in [6.07, 6.45) is 8.01. The van der Waals surface area contributed by atoms with Gasteiger partial charge in [0.15, 0.2) is 5.96 Å². The van der Waals surface area contributed by atoms with Crippen LogP contribution in [0.1, 0.15) is 52.4 Å². The minimum absolute atomic E-state index is 0. The number of rotatable bonds is 5. The van der Waals surface area contributed by atoms with Gasteiger partial charge in [-0.25, -0.2) is 0 Å². The van der Waals surface area contributed by atoms with E-state index in [9.17, 15) is 0 Å². The van der Waals surface area contributed by atoms with Gasteiger partial charge in [0.05, 0.1) is 0 Å². The van der Waals surface area contributed by atoms with Crippen LogP contribution in [0.2, 0.25) is 0 Å². The average molecular weight is 436 g/mol. The summed E-state index contributed by atoms with van der Waals surface area (Å²) in [5, 5.41) is 3.56. The molecule has 0 radical (unpaired) electrons. The van der Waals surface area contributed by atoms with Crippen molar-refractivity contribution in [1.29, 1.82) is 0 Å². The van der Waals surface area contributed by atoms with Gasteiger partial charge in [-0.15, -0.1) is 24.0 Å². The normalized spacial score (nSPS) is 26.7. The van der Waals surface area contributed by atoms with E-state index in [0.717, 1.165) is 37.4 Å². The lowest BCUT2D eigenvalue weighted by Gasteiger charge is -2.33. The summed E-state index contributed by atoms with van der Waals surface area (Å²) in [6.45, 7) is 12.0. The monoisotopic (exact) mass is 436 g/mol. The summed E-state index contributed by atoms with van der Waals surface area (Å²) in [5.41, 5.74) is 0. The molecule has 23 heavy (non-hydrogen) atoms. The number of aliphatic imine (C=N–C) groups is 1. The molecule has 2 aliphatic heterocycles. The molecular weight excluding hydrogens is 399 g/mol. The van der Waals surface area contributed by atoms with Gasteiger partial charge in [-0.3, -0.25) is 4.99 Å². The molecule has 1 N–H and O–H groups in total. The molecule has 5 heteroatoms. The second kappa shape index (κ2) is 11.5. The number of halogens is 1. The number of nitrogens with zero attached hydrogens (tertiary/aromatic N) is 3. The minimum Gasteiger partial charge on any atom is -0.356 e. The Labute approximate surface area is 160 Å². The standard InChI is InChI=1S/C18H36N4.HI/c1-16-8-6-12-21(14-16)11-5-4-10-20-18(19-3)22-13-7-9-17(2)15-22;/h16-17H,4-15H2,1-3H3,(H,19,20);1H. The second-order valence-electron chi connectivity index (χ2n) is 7.42. The number of piperidine rings is 2. The van der Waals surface area contributed by atoms with E-state index in [1.165, 1.54) is 58.2 Å². The van der Waals surface area contributed by atoms with E-state index in [4.69, 9.17) is 0 Å². The zero-order valence-electron chi connectivity index (χ0n) is 15.4. The Morgan fingerprint density at radius 3 is 2.39 bits per heavy atom. The van der Waals surface area contributed by atoms with Crippen LogP contribution < -0.4 is 5.32 Å². The summed E-state index contributed by atoms with van der Waals surface area (Å²) in [5.74, 6) is 2.80. The van der Waals surface area contributed by atoms with Crippen molar-refractivity contribution in [3.05, 3.63) is 0 Å². The molecule has 0 aliphatic carbocycles. The Bertz CT molecular complexity index is 348. The van der Waals surface area contributed by atoms with Gasteiger partial charge in [-0.1, -0.05) is 13.8 Å². The summed E-state index contributed by atoms with van der Waals surface area (Å²) in [6, 6.07) is 0. The lowest BCUT2D eigenvalue weighted by atomic mass is 10.0. The molecule has 2 heterocycles. The van der Waals surface area contributed by atoms with Crippen LogP contribution in [0.3, 0.4) is 0 Å². The van der Waals surface area contributed by atoms with Gasteiger partial charge in [0.2, 0.25) is 0 Å². The van der Waals surface area contributed by atoms with Gasteiger partial charge in [-0.05, 0) is 63.5 Å². The van der Waals surface area contributed by atoms with E-state index in [1.54, 1.807) is 0 Å². The maximum absolute atomic E-state index is 4.46. The van der Waals surface area contributed by atoms with Crippen LogP contribution in [0.15, 0.2) is 4.99 Å². The first kappa shape index (κ1) is 21.0. The quantitative estimate of drug-likeness (QED) is 0.310. The van der Waals surface area contributed by atoms with Crippen LogP contribution in [0.25, 0.3) is 0 Å². The van der Waals surface area contributed by atoms with Crippen molar-refractivity contribution in [3.8, 4) is 0 Å². The minimum atomic E-state index is 0. The van der Waals surface area contributed by atoms with E-state index >= 15 is 0 Å². The molecule has 0 bridgehead atoms. The van der Waals surface area contributed by atoms with Crippen LogP contribution in [-0.4, -0.2) is 62.1 Å². The molecule has 2 atom stereocenters. The number of guanidine groups is 1. The second-order valence-corrected chi connectivity index (χ2v) is 7.42. The van der Waals surface area contributed by atoms with E-state index in [0.29, 0.717) is 0 Å². The van der Waals surface area contributed by atoms with Crippen molar-refractivity contribution in [2.75, 3.05) is 46.3 Å². The molecule has 0 aromatic heterocycles. The molecule has 2 saturated heterocycles. The molecule has 2 rings (SSSR count). The summed E-state index contributed by atoms with van der Waals surface area (Å²) < 4.78 is 0. The van der Waals surface area contributed by atoms with Crippen LogP contribution in [0.4, 0.5) is 0 Å². The van der Waals surface area contributed by atoms with E-state index in [1.807, 2.05) is 7.05 Å². The summed E-state index contributed by atoms with van der Waals surface area (Å²) >= 11 is 0. The Morgan fingerprint density at radius 1 is 1.04 bits per heavy atom. The Morgan fingerprint density at radius 2 is 1.74 bits per heavy atom. The van der Waals surface area contributed by atoms with Gasteiger partial charge in [0.25, 0.3) is 0 Å². The van der Waals surface area contributed by atoms with Gasteiger partial charge in [0, 0.05) is 33.2 Å². The van der Waals surface area contributed by atoms with Crippen molar-refractivity contribution < 1.29 is 0 Å². The van der Waals surface area contributed by atoms with E-state index in [-0.39, 0.29) is 24.0 Å². The average Bonchev–Trinajstić information content (AvgIpc) is 2.51. The van der Waals surface area contributed by atoms with Gasteiger partial charge in [0.1, 0.15) is 0 Å². The Balaban J connectivity index is 0.00000264. The molecule has 0 spiro atoms. The molecule has 0 aromatic carbocycles. The first-order valence-corrected chi connectivity index (χ1v) is 9.37. The lowest BCUT2D eigenvalue weighted by molar-refractivity contribution is 0.181. The van der Waals surface area contributed by atoms with Crippen LogP contribution in [0, 0.1) is 11.8 Å². The highest BCUT2D eigenvalue weighted by atomic mass is 127. The van der Waals surface area contributed by atoms with Crippen molar-refractivity contribution in [1.82, 2.24) is 15.1 Å². The fourth-order valence-electron chi connectivity index (χ4n) is 3.86. The van der Waals surface area contributed by atoms with Crippen molar-refractivity contribution >= 4 is 29.9 Å². The maximum Gasteiger partial charge on any atom is 0.193 e. The highest BCUT2D eigenvalue weighted by Gasteiger charge is 2.19. The van der Waals surface area contributed by atoms with Crippen LogP contribution in [-0.2, 0) is 0 Å². The highest BCUT2D eigenvalue weighted by Crippen LogP contribution is 2.16. The number of unbranched alkanes of at least 4 members (excludes halogenated alkanes) is 1. The molecular formula is C18H37IN4. The van der Waals surface area contributed by atoms with Crippen molar-refractivity contribution in [2.24, 2.45) is 16.8 Å². The molecule has 0 saturated carbocycles. The fourth-order valence-corrected chi connectivity index (χ4v) is 3.86. The zero-order valence-corrected chi connectivity index (χ0v) is 17.7. The predicted octanol–water partition coefficient (Wildman–Crippen LogP) is 3.42. The molecule has 4 nitrogen and oxygen atoms in total. The third-order valence-electron chi connectivity index (χ3n) is 5.09. The smallest absolute Gasteiger partial charge is 0.193 e. The van der Waals surface area contributed by atoms with Crippen molar-refractivity contribution in [2.45, 2.75) is 52.4 Å². The van der Waals surface area contributed by atoms with Gasteiger partial charge >= 0.3 is 0 Å². The van der Waals surface area contributed by atoms with Crippen LogP contribution >= 0.6 is 24.0 Å². The van der Waals surface area contributed by atoms with E-state index < -0.39 is 0 Å². The highest BCUT2D eigenvalue weighted by molar-refractivity contribution is 14.0. The molecule has 136 valence electrons. The maximum atomic E-state index is 4.46. The largest absolute Gasteiger partial charge is 0.356 e. The lowest BCUT2D eigenvalue weighted by Crippen LogP contribution is -2.46. The van der Waals surface area contributed by atoms with Crippen LogP contribution in [0.5, 0.6) is 0 Å². The SMILES string of the molecule is CN=C(NCCCCN1CCCC(C)C1)N1CCCC(C)C1.I. The van der Waals surface area contributed by atoms with E-state index in [2.05, 4.69) is 34.0 Å².